The molecule has 1 aromatic rings. The molecule has 0 aromatic heterocycles. The Kier molecular flexibility index (Phi) is 7.08. The van der Waals surface area contributed by atoms with Crippen molar-refractivity contribution in [2.24, 2.45) is 0 Å². The van der Waals surface area contributed by atoms with Gasteiger partial charge in [0.1, 0.15) is 5.82 Å². The molecule has 1 aliphatic heterocycles. The van der Waals surface area contributed by atoms with E-state index >= 15 is 0 Å². The summed E-state index contributed by atoms with van der Waals surface area (Å²) >= 11 is 0. The summed E-state index contributed by atoms with van der Waals surface area (Å²) in [5.74, 6) is -0.315. The van der Waals surface area contributed by atoms with Crippen LogP contribution in [-0.4, -0.2) is 43.7 Å². The highest BCUT2D eigenvalue weighted by Gasteiger charge is 2.24. The summed E-state index contributed by atoms with van der Waals surface area (Å²) in [5.41, 5.74) is 0.533. The number of nitrogens with zero attached hydrogens (tertiary/aromatic N) is 1. The second kappa shape index (κ2) is 8.32. The van der Waals surface area contributed by atoms with Crippen LogP contribution >= 0.6 is 12.4 Å². The zero-order chi connectivity index (χ0) is 14.5. The van der Waals surface area contributed by atoms with Gasteiger partial charge in [0.05, 0.1) is 25.2 Å². The molecule has 0 bridgehead atoms. The molecule has 0 radical (unpaired) electrons. The van der Waals surface area contributed by atoms with Crippen molar-refractivity contribution >= 4 is 18.3 Å². The number of benzene rings is 1. The first-order chi connectivity index (χ1) is 9.59. The van der Waals surface area contributed by atoms with Crippen molar-refractivity contribution in [3.63, 3.8) is 0 Å². The highest BCUT2D eigenvalue weighted by Crippen LogP contribution is 2.22. The fraction of sp³-hybridized carbons (Fsp3) is 0.533. The van der Waals surface area contributed by atoms with E-state index in [0.29, 0.717) is 25.1 Å². The molecule has 1 amide bonds. The van der Waals surface area contributed by atoms with Crippen LogP contribution in [0.2, 0.25) is 0 Å². The van der Waals surface area contributed by atoms with Crippen molar-refractivity contribution in [3.05, 3.63) is 35.6 Å². The van der Waals surface area contributed by atoms with Gasteiger partial charge in [-0.15, -0.1) is 12.4 Å². The van der Waals surface area contributed by atoms with Crippen LogP contribution < -0.4 is 5.32 Å². The lowest BCUT2D eigenvalue weighted by molar-refractivity contribution is -0.135. The summed E-state index contributed by atoms with van der Waals surface area (Å²) < 4.78 is 19.3. The van der Waals surface area contributed by atoms with Gasteiger partial charge in [0.25, 0.3) is 0 Å². The third kappa shape index (κ3) is 4.66. The minimum atomic E-state index is -0.291. The Morgan fingerprint density at radius 3 is 2.86 bits per heavy atom. The fourth-order valence-electron chi connectivity index (χ4n) is 2.33. The topological polar surface area (TPSA) is 41.6 Å². The first-order valence-electron chi connectivity index (χ1n) is 6.92. The number of hydrogen-bond donors (Lipinski definition) is 1. The summed E-state index contributed by atoms with van der Waals surface area (Å²) in [7, 11) is 1.70. The Balaban J connectivity index is 0.00000220. The number of nitrogens with one attached hydrogen (secondary N) is 1. The normalized spacial score (nSPS) is 19.5. The fourth-order valence-corrected chi connectivity index (χ4v) is 2.33. The molecule has 0 saturated carbocycles. The number of ether oxygens (including phenoxy) is 1. The van der Waals surface area contributed by atoms with Crippen molar-refractivity contribution in [2.45, 2.75) is 25.5 Å². The van der Waals surface area contributed by atoms with Gasteiger partial charge in [-0.05, 0) is 13.0 Å². The Labute approximate surface area is 131 Å². The number of amides is 1. The number of carbonyl (C=O) groups excluding carboxylic acids is 1. The van der Waals surface area contributed by atoms with Crippen molar-refractivity contribution in [1.82, 2.24) is 10.2 Å². The quantitative estimate of drug-likeness (QED) is 0.925. The van der Waals surface area contributed by atoms with E-state index < -0.39 is 0 Å². The number of halogens is 2. The lowest BCUT2D eigenvalue weighted by Crippen LogP contribution is -2.42. The van der Waals surface area contributed by atoms with Crippen LogP contribution in [0.5, 0.6) is 0 Å². The van der Waals surface area contributed by atoms with E-state index in [1.807, 2.05) is 6.92 Å². The molecule has 1 saturated heterocycles. The Morgan fingerprint density at radius 1 is 1.52 bits per heavy atom. The van der Waals surface area contributed by atoms with Crippen molar-refractivity contribution in [3.8, 4) is 0 Å². The minimum absolute atomic E-state index is 0. The molecule has 1 aromatic carbocycles. The zero-order valence-corrected chi connectivity index (χ0v) is 13.2. The minimum Gasteiger partial charge on any atom is -0.375 e. The van der Waals surface area contributed by atoms with E-state index in [1.165, 1.54) is 6.07 Å². The third-order valence-corrected chi connectivity index (χ3v) is 3.74. The molecule has 6 heteroatoms. The molecule has 0 spiro atoms. The number of morpholine rings is 1. The predicted octanol–water partition coefficient (Wildman–Crippen LogP) is 2.15. The summed E-state index contributed by atoms with van der Waals surface area (Å²) in [6.45, 7) is 3.97. The molecule has 1 heterocycles. The molecule has 1 aliphatic rings. The molecule has 1 N–H and O–H groups in total. The van der Waals surface area contributed by atoms with Gasteiger partial charge in [0, 0.05) is 25.7 Å². The Bertz CT molecular complexity index is 467. The number of hydrogen-bond acceptors (Lipinski definition) is 3. The summed E-state index contributed by atoms with van der Waals surface area (Å²) in [4.78, 5) is 13.8. The van der Waals surface area contributed by atoms with E-state index in [9.17, 15) is 9.18 Å². The van der Waals surface area contributed by atoms with Crippen LogP contribution in [0.4, 0.5) is 4.39 Å². The second-order valence-corrected chi connectivity index (χ2v) is 5.10. The number of rotatable bonds is 4. The average molecular weight is 317 g/mol. The largest absolute Gasteiger partial charge is 0.375 e. The van der Waals surface area contributed by atoms with Gasteiger partial charge in [-0.3, -0.25) is 4.79 Å². The van der Waals surface area contributed by atoms with Crippen LogP contribution in [0.15, 0.2) is 24.3 Å². The molecule has 1 fully saturated rings. The van der Waals surface area contributed by atoms with E-state index in [4.69, 9.17) is 4.74 Å². The lowest BCUT2D eigenvalue weighted by Gasteiger charge is -2.29. The molecule has 21 heavy (non-hydrogen) atoms. The van der Waals surface area contributed by atoms with E-state index in [-0.39, 0.29) is 36.3 Å². The molecule has 2 atom stereocenters. The lowest BCUT2D eigenvalue weighted by atomic mass is 10.1. The van der Waals surface area contributed by atoms with Gasteiger partial charge in [0.2, 0.25) is 5.91 Å². The van der Waals surface area contributed by atoms with Crippen LogP contribution in [0.1, 0.15) is 24.9 Å². The molecule has 2 rings (SSSR count). The maximum atomic E-state index is 13.7. The van der Waals surface area contributed by atoms with Crippen molar-refractivity contribution < 1.29 is 13.9 Å². The van der Waals surface area contributed by atoms with Gasteiger partial charge in [-0.1, -0.05) is 18.2 Å². The van der Waals surface area contributed by atoms with Crippen LogP contribution in [0.3, 0.4) is 0 Å². The van der Waals surface area contributed by atoms with E-state index in [1.54, 1.807) is 30.1 Å². The molecule has 118 valence electrons. The Morgan fingerprint density at radius 2 is 2.24 bits per heavy atom. The zero-order valence-electron chi connectivity index (χ0n) is 12.3. The SMILES string of the molecule is CC(c1ccccc1F)N(C)C(=O)CC1CNCCO1.Cl. The van der Waals surface area contributed by atoms with Crippen molar-refractivity contribution in [1.29, 1.82) is 0 Å². The van der Waals surface area contributed by atoms with E-state index in [2.05, 4.69) is 5.32 Å². The first-order valence-corrected chi connectivity index (χ1v) is 6.92. The van der Waals surface area contributed by atoms with Gasteiger partial charge >= 0.3 is 0 Å². The highest BCUT2D eigenvalue weighted by molar-refractivity contribution is 5.85. The first kappa shape index (κ1) is 17.9. The monoisotopic (exact) mass is 316 g/mol. The summed E-state index contributed by atoms with van der Waals surface area (Å²) in [6, 6.07) is 6.26. The maximum Gasteiger partial charge on any atom is 0.225 e. The van der Waals surface area contributed by atoms with Crippen LogP contribution in [0, 0.1) is 5.82 Å². The third-order valence-electron chi connectivity index (χ3n) is 3.74. The van der Waals surface area contributed by atoms with Gasteiger partial charge < -0.3 is 15.0 Å². The maximum absolute atomic E-state index is 13.7. The van der Waals surface area contributed by atoms with E-state index in [0.717, 1.165) is 6.54 Å². The highest BCUT2D eigenvalue weighted by atomic mass is 35.5. The molecular weight excluding hydrogens is 295 g/mol. The summed E-state index contributed by atoms with van der Waals surface area (Å²) in [5, 5.41) is 3.19. The predicted molar refractivity (Wildman–Crippen MR) is 82.1 cm³/mol. The van der Waals surface area contributed by atoms with Crippen LogP contribution in [-0.2, 0) is 9.53 Å². The van der Waals surface area contributed by atoms with Gasteiger partial charge in [-0.25, -0.2) is 4.39 Å². The molecule has 0 aliphatic carbocycles. The molecule has 2 unspecified atom stereocenters. The van der Waals surface area contributed by atoms with Crippen LogP contribution in [0.25, 0.3) is 0 Å². The molecule has 4 nitrogen and oxygen atoms in total. The van der Waals surface area contributed by atoms with Crippen molar-refractivity contribution in [2.75, 3.05) is 26.7 Å². The van der Waals surface area contributed by atoms with Gasteiger partial charge in [0.15, 0.2) is 0 Å². The standard InChI is InChI=1S/C15H21FN2O2.ClH/c1-11(13-5-3-4-6-14(13)16)18(2)15(19)9-12-10-17-7-8-20-12;/h3-6,11-12,17H,7-10H2,1-2H3;1H. The summed E-state index contributed by atoms with van der Waals surface area (Å²) in [6.07, 6.45) is 0.231. The van der Waals surface area contributed by atoms with Gasteiger partial charge in [-0.2, -0.15) is 0 Å². The molecular formula is C15H22ClFN2O2. The number of carbonyl (C=O) groups is 1. The second-order valence-electron chi connectivity index (χ2n) is 5.10. The smallest absolute Gasteiger partial charge is 0.225 e. The Hall–Kier alpha value is -1.17. The average Bonchev–Trinajstić information content (AvgIpc) is 2.47.